The highest BCUT2D eigenvalue weighted by molar-refractivity contribution is 6.34. The number of halogens is 2. The minimum Gasteiger partial charge on any atom is -0.282 e. The second kappa shape index (κ2) is 4.23. The summed E-state index contributed by atoms with van der Waals surface area (Å²) in [4.78, 5) is 12.7. The Hall–Kier alpha value is -1.65. The monoisotopic (exact) mass is 278 g/mol. The minimum absolute atomic E-state index is 0.350. The zero-order valence-corrected chi connectivity index (χ0v) is 10.9. The molecule has 0 aliphatic rings. The van der Waals surface area contributed by atoms with E-state index in [1.807, 2.05) is 24.3 Å². The number of imidazole rings is 1. The van der Waals surface area contributed by atoms with Gasteiger partial charge in [-0.25, -0.2) is 15.0 Å². The normalized spacial score (nSPS) is 11.1. The lowest BCUT2D eigenvalue weighted by atomic mass is 10.3. The van der Waals surface area contributed by atoms with Crippen LogP contribution >= 0.6 is 23.2 Å². The predicted molar refractivity (Wildman–Crippen MR) is 71.4 cm³/mol. The molecule has 0 spiro atoms. The fourth-order valence-electron chi connectivity index (χ4n) is 1.79. The highest BCUT2D eigenvalue weighted by Gasteiger charge is 2.12. The first-order valence-electron chi connectivity index (χ1n) is 5.29. The van der Waals surface area contributed by atoms with Crippen LogP contribution in [-0.2, 0) is 0 Å². The van der Waals surface area contributed by atoms with Gasteiger partial charge in [-0.3, -0.25) is 4.57 Å². The van der Waals surface area contributed by atoms with Crippen LogP contribution in [0.3, 0.4) is 0 Å². The van der Waals surface area contributed by atoms with Gasteiger partial charge in [-0.2, -0.15) is 0 Å². The zero-order valence-electron chi connectivity index (χ0n) is 9.43. The van der Waals surface area contributed by atoms with Crippen LogP contribution in [0.4, 0.5) is 0 Å². The lowest BCUT2D eigenvalue weighted by Crippen LogP contribution is -1.97. The fraction of sp³-hybridized carbons (Fsp3) is 0.0833. The molecule has 0 aliphatic heterocycles. The summed E-state index contributed by atoms with van der Waals surface area (Å²) in [5.41, 5.74) is 2.04. The first kappa shape index (κ1) is 11.4. The Morgan fingerprint density at radius 1 is 1.11 bits per heavy atom. The highest BCUT2D eigenvalue weighted by atomic mass is 35.5. The van der Waals surface area contributed by atoms with Crippen molar-refractivity contribution in [1.29, 1.82) is 0 Å². The van der Waals surface area contributed by atoms with Crippen molar-refractivity contribution in [2.24, 2.45) is 0 Å². The van der Waals surface area contributed by atoms with E-state index in [2.05, 4.69) is 15.0 Å². The van der Waals surface area contributed by atoms with E-state index in [1.165, 1.54) is 0 Å². The van der Waals surface area contributed by atoms with Crippen LogP contribution in [-0.4, -0.2) is 19.5 Å². The van der Waals surface area contributed by atoms with Gasteiger partial charge in [-0.15, -0.1) is 0 Å². The van der Waals surface area contributed by atoms with E-state index in [4.69, 9.17) is 23.2 Å². The van der Waals surface area contributed by atoms with E-state index in [-0.39, 0.29) is 0 Å². The number of fused-ring (bicyclic) bond motifs is 1. The second-order valence-corrected chi connectivity index (χ2v) is 4.57. The van der Waals surface area contributed by atoms with E-state index in [1.54, 1.807) is 17.8 Å². The smallest absolute Gasteiger partial charge is 0.169 e. The van der Waals surface area contributed by atoms with Crippen LogP contribution in [0.5, 0.6) is 0 Å². The van der Waals surface area contributed by atoms with E-state index in [0.29, 0.717) is 27.2 Å². The Labute approximate surface area is 113 Å². The predicted octanol–water partition coefficient (Wildman–Crippen LogP) is 3.43. The Balaban J connectivity index is 2.34. The maximum absolute atomic E-state index is 6.17. The Bertz CT molecular complexity index is 736. The Morgan fingerprint density at radius 2 is 1.89 bits per heavy atom. The molecule has 18 heavy (non-hydrogen) atoms. The number of aromatic nitrogens is 4. The quantitative estimate of drug-likeness (QED) is 0.641. The van der Waals surface area contributed by atoms with Crippen LogP contribution in [0.1, 0.15) is 5.82 Å². The van der Waals surface area contributed by atoms with Crippen molar-refractivity contribution < 1.29 is 0 Å². The molecule has 2 heterocycles. The van der Waals surface area contributed by atoms with Gasteiger partial charge in [0.15, 0.2) is 10.8 Å². The molecule has 0 atom stereocenters. The first-order valence-corrected chi connectivity index (χ1v) is 6.04. The minimum atomic E-state index is 0.350. The molecule has 90 valence electrons. The van der Waals surface area contributed by atoms with Gasteiger partial charge in [0.1, 0.15) is 17.7 Å². The van der Waals surface area contributed by atoms with Gasteiger partial charge < -0.3 is 0 Å². The third kappa shape index (κ3) is 1.74. The van der Waals surface area contributed by atoms with Gasteiger partial charge in [0.05, 0.1) is 10.7 Å². The van der Waals surface area contributed by atoms with Crippen molar-refractivity contribution in [3.8, 4) is 5.69 Å². The van der Waals surface area contributed by atoms with Crippen molar-refractivity contribution in [3.63, 3.8) is 0 Å². The molecule has 0 radical (unpaired) electrons. The number of aryl methyl sites for hydroxylation is 1. The van der Waals surface area contributed by atoms with Crippen LogP contribution in [0, 0.1) is 6.92 Å². The third-order valence-corrected chi connectivity index (χ3v) is 3.16. The van der Waals surface area contributed by atoms with E-state index in [0.717, 1.165) is 5.69 Å². The lowest BCUT2D eigenvalue weighted by molar-refractivity contribution is 1.03. The van der Waals surface area contributed by atoms with E-state index < -0.39 is 0 Å². The van der Waals surface area contributed by atoms with Gasteiger partial charge in [0.2, 0.25) is 0 Å². The van der Waals surface area contributed by atoms with Crippen molar-refractivity contribution in [1.82, 2.24) is 19.5 Å². The van der Waals surface area contributed by atoms with Crippen molar-refractivity contribution in [2.45, 2.75) is 6.92 Å². The topological polar surface area (TPSA) is 43.6 Å². The maximum Gasteiger partial charge on any atom is 0.169 e. The molecule has 0 N–H and O–H groups in total. The van der Waals surface area contributed by atoms with Crippen LogP contribution in [0.25, 0.3) is 16.9 Å². The molecule has 0 aliphatic carbocycles. The standard InChI is InChI=1S/C12H8Cl2N4/c1-7-16-11(14)10-12(17-7)18(6-15-10)9-5-3-2-4-8(9)13/h2-6H,1H3. The van der Waals surface area contributed by atoms with Crippen molar-refractivity contribution in [2.75, 3.05) is 0 Å². The largest absolute Gasteiger partial charge is 0.282 e. The summed E-state index contributed by atoms with van der Waals surface area (Å²) in [5, 5.41) is 0.979. The molecule has 0 unspecified atom stereocenters. The lowest BCUT2D eigenvalue weighted by Gasteiger charge is -2.05. The molecule has 1 aromatic carbocycles. The summed E-state index contributed by atoms with van der Waals surface area (Å²) in [6.07, 6.45) is 1.64. The summed E-state index contributed by atoms with van der Waals surface area (Å²) in [7, 11) is 0. The number of nitrogens with zero attached hydrogens (tertiary/aromatic N) is 4. The fourth-order valence-corrected chi connectivity index (χ4v) is 2.27. The van der Waals surface area contributed by atoms with Gasteiger partial charge in [0, 0.05) is 0 Å². The average molecular weight is 279 g/mol. The Kier molecular flexibility index (Phi) is 2.69. The van der Waals surface area contributed by atoms with Gasteiger partial charge in [0.25, 0.3) is 0 Å². The summed E-state index contributed by atoms with van der Waals surface area (Å²) in [6, 6.07) is 7.49. The van der Waals surface area contributed by atoms with Gasteiger partial charge in [-0.05, 0) is 19.1 Å². The SMILES string of the molecule is Cc1nc(Cl)c2ncn(-c3ccccc3Cl)c2n1. The zero-order chi connectivity index (χ0) is 12.7. The molecule has 0 amide bonds. The number of hydrogen-bond acceptors (Lipinski definition) is 3. The summed E-state index contributed by atoms with van der Waals surface area (Å²) in [5.74, 6) is 0.598. The molecule has 3 rings (SSSR count). The highest BCUT2D eigenvalue weighted by Crippen LogP contribution is 2.25. The van der Waals surface area contributed by atoms with Crippen molar-refractivity contribution in [3.05, 3.63) is 46.6 Å². The number of rotatable bonds is 1. The molecule has 0 fully saturated rings. The molecular weight excluding hydrogens is 271 g/mol. The molecular formula is C12H8Cl2N4. The van der Waals surface area contributed by atoms with Gasteiger partial charge >= 0.3 is 0 Å². The summed E-state index contributed by atoms with van der Waals surface area (Å²) >= 11 is 12.2. The van der Waals surface area contributed by atoms with Crippen LogP contribution in [0.15, 0.2) is 30.6 Å². The summed E-state index contributed by atoms with van der Waals surface area (Å²) < 4.78 is 1.80. The number of para-hydroxylation sites is 1. The Morgan fingerprint density at radius 3 is 2.67 bits per heavy atom. The number of hydrogen-bond donors (Lipinski definition) is 0. The third-order valence-electron chi connectivity index (χ3n) is 2.58. The molecule has 0 saturated heterocycles. The second-order valence-electron chi connectivity index (χ2n) is 3.80. The van der Waals surface area contributed by atoms with Crippen molar-refractivity contribution >= 4 is 34.4 Å². The molecule has 0 bridgehead atoms. The molecule has 3 aromatic rings. The summed E-state index contributed by atoms with van der Waals surface area (Å²) in [6.45, 7) is 1.79. The molecule has 6 heteroatoms. The molecule has 0 saturated carbocycles. The van der Waals surface area contributed by atoms with Crippen LogP contribution in [0.2, 0.25) is 10.2 Å². The first-order chi connectivity index (χ1) is 8.66. The van der Waals surface area contributed by atoms with Gasteiger partial charge in [-0.1, -0.05) is 35.3 Å². The number of benzene rings is 1. The molecule has 2 aromatic heterocycles. The van der Waals surface area contributed by atoms with E-state index >= 15 is 0 Å². The maximum atomic E-state index is 6.17. The van der Waals surface area contributed by atoms with E-state index in [9.17, 15) is 0 Å². The van der Waals surface area contributed by atoms with Crippen LogP contribution < -0.4 is 0 Å². The molecule has 4 nitrogen and oxygen atoms in total. The average Bonchev–Trinajstić information content (AvgIpc) is 2.73.